The minimum absolute atomic E-state index is 0.0171. The Labute approximate surface area is 124 Å². The minimum Gasteiger partial charge on any atom is -0.383 e. The first-order chi connectivity index (χ1) is 10.2. The number of H-pyrrole nitrogens is 1. The number of methoxy groups -OCH3 is 1. The molecule has 5 heteroatoms. The minimum atomic E-state index is -0.824. The molecule has 0 amide bonds. The number of likely N-dealkylation sites (tertiary alicyclic amines) is 1. The SMILES string of the molecule is COCCN1CC[C@H](c2cc3[nH]ncc3cc2C)[C@H](F)C1. The summed E-state index contributed by atoms with van der Waals surface area (Å²) in [6.07, 6.45) is 1.84. The third-order valence-electron chi connectivity index (χ3n) is 4.46. The molecule has 0 spiro atoms. The van der Waals surface area contributed by atoms with Crippen LogP contribution in [0.15, 0.2) is 18.3 Å². The number of nitrogens with one attached hydrogen (secondary N) is 1. The van der Waals surface area contributed by atoms with Gasteiger partial charge in [0.15, 0.2) is 0 Å². The first-order valence-corrected chi connectivity index (χ1v) is 7.48. The van der Waals surface area contributed by atoms with Crippen LogP contribution >= 0.6 is 0 Å². The number of benzene rings is 1. The summed E-state index contributed by atoms with van der Waals surface area (Å²) >= 11 is 0. The number of ether oxygens (including phenoxy) is 1. The van der Waals surface area contributed by atoms with Crippen LogP contribution in [0.5, 0.6) is 0 Å². The normalized spacial score (nSPS) is 23.8. The van der Waals surface area contributed by atoms with Crippen molar-refractivity contribution in [3.63, 3.8) is 0 Å². The molecule has 0 unspecified atom stereocenters. The number of fused-ring (bicyclic) bond motifs is 1. The van der Waals surface area contributed by atoms with Crippen molar-refractivity contribution >= 4 is 10.9 Å². The Hall–Kier alpha value is -1.46. The van der Waals surface area contributed by atoms with Gasteiger partial charge in [-0.3, -0.25) is 10.00 Å². The lowest BCUT2D eigenvalue weighted by Gasteiger charge is -2.35. The van der Waals surface area contributed by atoms with E-state index in [1.54, 1.807) is 7.11 Å². The van der Waals surface area contributed by atoms with Crippen LogP contribution in [0.25, 0.3) is 10.9 Å². The number of hydrogen-bond acceptors (Lipinski definition) is 3. The first-order valence-electron chi connectivity index (χ1n) is 7.48. The molecule has 0 bridgehead atoms. The van der Waals surface area contributed by atoms with E-state index in [2.05, 4.69) is 34.2 Å². The van der Waals surface area contributed by atoms with Crippen molar-refractivity contribution in [1.29, 1.82) is 0 Å². The maximum absolute atomic E-state index is 14.6. The molecule has 1 aliphatic heterocycles. The maximum Gasteiger partial charge on any atom is 0.120 e. The zero-order valence-corrected chi connectivity index (χ0v) is 12.6. The number of piperidine rings is 1. The number of hydrogen-bond donors (Lipinski definition) is 1. The van der Waals surface area contributed by atoms with Crippen molar-refractivity contribution in [2.24, 2.45) is 0 Å². The second-order valence-electron chi connectivity index (χ2n) is 5.87. The lowest BCUT2D eigenvalue weighted by molar-refractivity contribution is 0.0862. The molecule has 2 heterocycles. The standard InChI is InChI=1S/C16H22FN3O/c1-11-7-12-9-18-19-16(12)8-14(11)13-3-4-20(5-6-21-2)10-15(13)17/h7-9,13,15H,3-6,10H2,1-2H3,(H,18,19)/t13-,15-/m1/s1. The first kappa shape index (κ1) is 14.5. The summed E-state index contributed by atoms with van der Waals surface area (Å²) < 4.78 is 19.7. The van der Waals surface area contributed by atoms with Gasteiger partial charge in [0.25, 0.3) is 0 Å². The van der Waals surface area contributed by atoms with Crippen LogP contribution in [0.1, 0.15) is 23.5 Å². The van der Waals surface area contributed by atoms with Gasteiger partial charge in [-0.05, 0) is 43.1 Å². The number of rotatable bonds is 4. The zero-order valence-electron chi connectivity index (χ0n) is 12.6. The largest absolute Gasteiger partial charge is 0.383 e. The Bertz CT molecular complexity index is 613. The summed E-state index contributed by atoms with van der Waals surface area (Å²) in [5.41, 5.74) is 3.26. The molecule has 0 saturated carbocycles. The van der Waals surface area contributed by atoms with Crippen LogP contribution in [-0.2, 0) is 4.74 Å². The Balaban J connectivity index is 1.78. The van der Waals surface area contributed by atoms with Gasteiger partial charge >= 0.3 is 0 Å². The molecule has 2 aromatic rings. The van der Waals surface area contributed by atoms with E-state index in [9.17, 15) is 4.39 Å². The van der Waals surface area contributed by atoms with Gasteiger partial charge in [-0.15, -0.1) is 0 Å². The summed E-state index contributed by atoms with van der Waals surface area (Å²) in [4.78, 5) is 2.15. The van der Waals surface area contributed by atoms with E-state index in [0.29, 0.717) is 13.2 Å². The molecule has 0 aliphatic carbocycles. The van der Waals surface area contributed by atoms with Gasteiger partial charge in [-0.2, -0.15) is 5.10 Å². The summed E-state index contributed by atoms with van der Waals surface area (Å²) in [5, 5.41) is 8.12. The predicted molar refractivity (Wildman–Crippen MR) is 81.4 cm³/mol. The smallest absolute Gasteiger partial charge is 0.120 e. The van der Waals surface area contributed by atoms with Crippen molar-refractivity contribution in [2.45, 2.75) is 25.4 Å². The van der Waals surface area contributed by atoms with Crippen LogP contribution < -0.4 is 0 Å². The number of alkyl halides is 1. The molecule has 0 radical (unpaired) electrons. The topological polar surface area (TPSA) is 41.1 Å². The molecular formula is C16H22FN3O. The highest BCUT2D eigenvalue weighted by Gasteiger charge is 2.31. The van der Waals surface area contributed by atoms with Gasteiger partial charge in [0.1, 0.15) is 6.17 Å². The van der Waals surface area contributed by atoms with E-state index in [-0.39, 0.29) is 5.92 Å². The Morgan fingerprint density at radius 3 is 3.10 bits per heavy atom. The number of aromatic nitrogens is 2. The van der Waals surface area contributed by atoms with Crippen molar-refractivity contribution < 1.29 is 9.13 Å². The van der Waals surface area contributed by atoms with Crippen molar-refractivity contribution in [1.82, 2.24) is 15.1 Å². The number of nitrogens with zero attached hydrogens (tertiary/aromatic N) is 2. The fourth-order valence-corrected chi connectivity index (χ4v) is 3.26. The molecule has 3 rings (SSSR count). The summed E-state index contributed by atoms with van der Waals surface area (Å²) in [6, 6.07) is 4.16. The fourth-order valence-electron chi connectivity index (χ4n) is 3.26. The lowest BCUT2D eigenvalue weighted by Crippen LogP contribution is -2.42. The van der Waals surface area contributed by atoms with E-state index in [0.717, 1.165) is 41.5 Å². The highest BCUT2D eigenvalue weighted by Crippen LogP contribution is 2.34. The second-order valence-corrected chi connectivity index (χ2v) is 5.87. The van der Waals surface area contributed by atoms with Crippen LogP contribution in [0, 0.1) is 6.92 Å². The Morgan fingerprint density at radius 1 is 1.48 bits per heavy atom. The molecule has 2 atom stereocenters. The molecule has 114 valence electrons. The molecule has 4 nitrogen and oxygen atoms in total. The van der Waals surface area contributed by atoms with E-state index in [4.69, 9.17) is 4.74 Å². The average Bonchev–Trinajstić information content (AvgIpc) is 2.91. The van der Waals surface area contributed by atoms with Gasteiger partial charge in [0.05, 0.1) is 18.3 Å². The van der Waals surface area contributed by atoms with Crippen LogP contribution in [0.2, 0.25) is 0 Å². The zero-order chi connectivity index (χ0) is 14.8. The van der Waals surface area contributed by atoms with Crippen LogP contribution in [0.4, 0.5) is 4.39 Å². The monoisotopic (exact) mass is 291 g/mol. The van der Waals surface area contributed by atoms with Gasteiger partial charge in [0.2, 0.25) is 0 Å². The van der Waals surface area contributed by atoms with Gasteiger partial charge in [-0.1, -0.05) is 0 Å². The molecule has 1 fully saturated rings. The quantitative estimate of drug-likeness (QED) is 0.941. The summed E-state index contributed by atoms with van der Waals surface area (Å²) in [5.74, 6) is -0.0171. The summed E-state index contributed by atoms with van der Waals surface area (Å²) in [6.45, 7) is 4.95. The highest BCUT2D eigenvalue weighted by atomic mass is 19.1. The van der Waals surface area contributed by atoms with Crippen molar-refractivity contribution in [3.05, 3.63) is 29.5 Å². The molecular weight excluding hydrogens is 269 g/mol. The third-order valence-corrected chi connectivity index (χ3v) is 4.46. The molecule has 21 heavy (non-hydrogen) atoms. The molecule has 1 aromatic heterocycles. The Kier molecular flexibility index (Phi) is 4.22. The fraction of sp³-hybridized carbons (Fsp3) is 0.562. The van der Waals surface area contributed by atoms with E-state index < -0.39 is 6.17 Å². The molecule has 1 N–H and O–H groups in total. The molecule has 1 saturated heterocycles. The third kappa shape index (κ3) is 2.94. The average molecular weight is 291 g/mol. The van der Waals surface area contributed by atoms with Gasteiger partial charge in [0, 0.05) is 31.5 Å². The van der Waals surface area contributed by atoms with Crippen LogP contribution in [-0.4, -0.2) is 54.6 Å². The molecule has 1 aromatic carbocycles. The highest BCUT2D eigenvalue weighted by molar-refractivity contribution is 5.79. The number of aromatic amines is 1. The number of aryl methyl sites for hydroxylation is 1. The van der Waals surface area contributed by atoms with Gasteiger partial charge in [-0.25, -0.2) is 4.39 Å². The lowest BCUT2D eigenvalue weighted by atomic mass is 9.85. The van der Waals surface area contributed by atoms with E-state index >= 15 is 0 Å². The van der Waals surface area contributed by atoms with Crippen molar-refractivity contribution in [3.8, 4) is 0 Å². The van der Waals surface area contributed by atoms with E-state index in [1.165, 1.54) is 0 Å². The maximum atomic E-state index is 14.6. The summed E-state index contributed by atoms with van der Waals surface area (Å²) in [7, 11) is 1.68. The van der Waals surface area contributed by atoms with Gasteiger partial charge < -0.3 is 4.74 Å². The second kappa shape index (κ2) is 6.12. The van der Waals surface area contributed by atoms with E-state index in [1.807, 2.05) is 6.20 Å². The predicted octanol–water partition coefficient (Wildman–Crippen LogP) is 2.65. The Morgan fingerprint density at radius 2 is 2.33 bits per heavy atom. The number of halogens is 1. The van der Waals surface area contributed by atoms with Crippen LogP contribution in [0.3, 0.4) is 0 Å². The molecule has 1 aliphatic rings. The van der Waals surface area contributed by atoms with Crippen molar-refractivity contribution in [2.75, 3.05) is 33.4 Å².